The summed E-state index contributed by atoms with van der Waals surface area (Å²) in [4.78, 5) is 0. The first kappa shape index (κ1) is 32.7. The molecule has 0 amide bonds. The average Bonchev–Trinajstić information content (AvgIpc) is 3.89. The van der Waals surface area contributed by atoms with Crippen molar-refractivity contribution < 1.29 is 24.1 Å². The second-order valence-corrected chi connectivity index (χ2v) is 10.2. The summed E-state index contributed by atoms with van der Waals surface area (Å²) in [6.07, 6.45) is 5.76. The van der Waals surface area contributed by atoms with Crippen molar-refractivity contribution in [3.63, 3.8) is 0 Å². The normalized spacial score (nSPS) is 18.4. The number of rotatable bonds is 12. The molecule has 41 heavy (non-hydrogen) atoms. The van der Waals surface area contributed by atoms with Gasteiger partial charge >= 0.3 is 0 Å². The van der Waals surface area contributed by atoms with Crippen LogP contribution in [0.5, 0.6) is 11.5 Å². The van der Waals surface area contributed by atoms with E-state index in [1.54, 1.807) is 7.11 Å². The molecule has 1 aliphatic heterocycles. The second-order valence-electron chi connectivity index (χ2n) is 10.2. The predicted octanol–water partition coefficient (Wildman–Crippen LogP) is 7.82. The molecule has 3 atom stereocenters. The lowest BCUT2D eigenvalue weighted by Crippen LogP contribution is -2.39. The van der Waals surface area contributed by atoms with E-state index < -0.39 is 6.10 Å². The van der Waals surface area contributed by atoms with Crippen molar-refractivity contribution in [3.05, 3.63) is 95.6 Å². The van der Waals surface area contributed by atoms with Crippen LogP contribution in [0.25, 0.3) is 0 Å². The SMILES string of the molecule is CC.CC.COCC(O)COc1ccc(C(c2ccccc2)(c2ccc(OCC3CO3)cc2)C2CCCCC2)cc1. The molecule has 5 heteroatoms. The molecule has 0 spiro atoms. The van der Waals surface area contributed by atoms with Crippen molar-refractivity contribution in [1.82, 2.24) is 0 Å². The number of aliphatic hydroxyl groups excluding tert-OH is 1. The molecule has 1 heterocycles. The van der Waals surface area contributed by atoms with Crippen molar-refractivity contribution >= 4 is 0 Å². The summed E-state index contributed by atoms with van der Waals surface area (Å²) in [6.45, 7) is 9.85. The van der Waals surface area contributed by atoms with Gasteiger partial charge in [-0.2, -0.15) is 0 Å². The van der Waals surface area contributed by atoms with Gasteiger partial charge in [-0.25, -0.2) is 0 Å². The van der Waals surface area contributed by atoms with Crippen LogP contribution >= 0.6 is 0 Å². The van der Waals surface area contributed by atoms with Gasteiger partial charge in [0.1, 0.15) is 36.9 Å². The molecule has 2 aliphatic rings. The Labute approximate surface area is 247 Å². The molecular formula is C36H50O5. The summed E-state index contributed by atoms with van der Waals surface area (Å²) in [6, 6.07) is 28.1. The molecule has 0 radical (unpaired) electrons. The number of ether oxygens (including phenoxy) is 4. The van der Waals surface area contributed by atoms with Crippen LogP contribution in [0, 0.1) is 5.92 Å². The standard InChI is InChI=1S/C32H38O5.2C2H6/c1-34-20-28(33)21-35-29-16-12-26(13-17-29)32(24-8-4-2-5-9-24,25-10-6-3-7-11-25)27-14-18-30(19-15-27)36-22-31-23-37-31;2*1-2/h2,4-5,8-9,12-19,25,28,31,33H,3,6-7,10-11,20-23H2,1H3;2*1-2H3. The highest BCUT2D eigenvalue weighted by Crippen LogP contribution is 2.51. The Hall–Kier alpha value is -2.86. The van der Waals surface area contributed by atoms with Crippen LogP contribution in [-0.4, -0.2) is 50.9 Å². The molecule has 3 aromatic rings. The molecule has 3 unspecified atom stereocenters. The van der Waals surface area contributed by atoms with Gasteiger partial charge in [0.05, 0.1) is 13.2 Å². The van der Waals surface area contributed by atoms with Gasteiger partial charge in [0, 0.05) is 12.5 Å². The van der Waals surface area contributed by atoms with Crippen LogP contribution in [0.2, 0.25) is 0 Å². The molecule has 1 N–H and O–H groups in total. The van der Waals surface area contributed by atoms with E-state index in [1.165, 1.54) is 48.8 Å². The number of benzene rings is 3. The molecule has 2 fully saturated rings. The molecule has 5 rings (SSSR count). The Kier molecular flexibility index (Phi) is 13.7. The fourth-order valence-electron chi connectivity index (χ4n) is 5.86. The third-order valence-electron chi connectivity index (χ3n) is 7.71. The lowest BCUT2D eigenvalue weighted by atomic mass is 9.58. The second kappa shape index (κ2) is 17.2. The fraction of sp³-hybridized carbons (Fsp3) is 0.500. The Bertz CT molecular complexity index is 1090. The lowest BCUT2D eigenvalue weighted by Gasteiger charge is -2.44. The zero-order valence-corrected chi connectivity index (χ0v) is 25.7. The molecule has 0 aromatic heterocycles. The highest BCUT2D eigenvalue weighted by atomic mass is 16.6. The number of aliphatic hydroxyl groups is 1. The maximum absolute atomic E-state index is 9.99. The van der Waals surface area contributed by atoms with E-state index in [4.69, 9.17) is 18.9 Å². The van der Waals surface area contributed by atoms with E-state index in [-0.39, 0.29) is 24.7 Å². The van der Waals surface area contributed by atoms with Crippen molar-refractivity contribution in [2.45, 2.75) is 77.4 Å². The summed E-state index contributed by atoms with van der Waals surface area (Å²) >= 11 is 0. The smallest absolute Gasteiger partial charge is 0.119 e. The van der Waals surface area contributed by atoms with Gasteiger partial charge < -0.3 is 24.1 Å². The minimum absolute atomic E-state index is 0.201. The molecule has 1 saturated heterocycles. The minimum atomic E-state index is -0.650. The Morgan fingerprint density at radius 1 is 0.732 bits per heavy atom. The quantitative estimate of drug-likeness (QED) is 0.180. The van der Waals surface area contributed by atoms with Crippen LogP contribution < -0.4 is 9.47 Å². The maximum Gasteiger partial charge on any atom is 0.119 e. The van der Waals surface area contributed by atoms with Gasteiger partial charge in [0.15, 0.2) is 0 Å². The zero-order valence-electron chi connectivity index (χ0n) is 25.7. The maximum atomic E-state index is 9.99. The molecular weight excluding hydrogens is 512 g/mol. The molecule has 1 aliphatic carbocycles. The van der Waals surface area contributed by atoms with Gasteiger partial charge in [0.25, 0.3) is 0 Å². The third kappa shape index (κ3) is 8.57. The van der Waals surface area contributed by atoms with Crippen molar-refractivity contribution in [2.75, 3.05) is 33.5 Å². The van der Waals surface area contributed by atoms with E-state index in [1.807, 2.05) is 39.8 Å². The van der Waals surface area contributed by atoms with E-state index >= 15 is 0 Å². The van der Waals surface area contributed by atoms with E-state index in [2.05, 4.69) is 66.7 Å². The van der Waals surface area contributed by atoms with Crippen LogP contribution in [0.15, 0.2) is 78.9 Å². The Morgan fingerprint density at radius 2 is 1.24 bits per heavy atom. The monoisotopic (exact) mass is 562 g/mol. The Morgan fingerprint density at radius 3 is 1.76 bits per heavy atom. The highest BCUT2D eigenvalue weighted by molar-refractivity contribution is 5.53. The largest absolute Gasteiger partial charge is 0.491 e. The molecule has 3 aromatic carbocycles. The van der Waals surface area contributed by atoms with E-state index in [0.717, 1.165) is 18.1 Å². The lowest BCUT2D eigenvalue weighted by molar-refractivity contribution is 0.0325. The van der Waals surface area contributed by atoms with Crippen LogP contribution in [0.3, 0.4) is 0 Å². The summed E-state index contributed by atoms with van der Waals surface area (Å²) in [5, 5.41) is 9.99. The number of hydrogen-bond donors (Lipinski definition) is 1. The molecule has 224 valence electrons. The first-order valence-electron chi connectivity index (χ1n) is 15.5. The molecule has 1 saturated carbocycles. The van der Waals surface area contributed by atoms with Crippen molar-refractivity contribution in [3.8, 4) is 11.5 Å². The first-order chi connectivity index (χ1) is 20.2. The van der Waals surface area contributed by atoms with Crippen molar-refractivity contribution in [2.24, 2.45) is 5.92 Å². The van der Waals surface area contributed by atoms with Gasteiger partial charge in [-0.1, -0.05) is 102 Å². The van der Waals surface area contributed by atoms with Gasteiger partial charge in [-0.3, -0.25) is 0 Å². The third-order valence-corrected chi connectivity index (χ3v) is 7.71. The van der Waals surface area contributed by atoms with Crippen molar-refractivity contribution in [1.29, 1.82) is 0 Å². The van der Waals surface area contributed by atoms with E-state index in [0.29, 0.717) is 12.5 Å². The Balaban J connectivity index is 0.00000111. The summed E-state index contributed by atoms with van der Waals surface area (Å²) < 4.78 is 22.1. The zero-order chi connectivity index (χ0) is 29.5. The summed E-state index contributed by atoms with van der Waals surface area (Å²) in [5.41, 5.74) is 3.57. The average molecular weight is 563 g/mol. The summed E-state index contributed by atoms with van der Waals surface area (Å²) in [7, 11) is 1.58. The first-order valence-corrected chi connectivity index (χ1v) is 15.5. The van der Waals surface area contributed by atoms with Gasteiger partial charge in [-0.05, 0) is 59.7 Å². The number of methoxy groups -OCH3 is 1. The van der Waals surface area contributed by atoms with Gasteiger partial charge in [0.2, 0.25) is 0 Å². The topological polar surface area (TPSA) is 60.5 Å². The summed E-state index contributed by atoms with van der Waals surface area (Å²) in [5.74, 6) is 2.10. The van der Waals surface area contributed by atoms with Crippen LogP contribution in [0.4, 0.5) is 0 Å². The minimum Gasteiger partial charge on any atom is -0.491 e. The number of epoxide rings is 1. The highest BCUT2D eigenvalue weighted by Gasteiger charge is 2.44. The molecule has 0 bridgehead atoms. The molecule has 5 nitrogen and oxygen atoms in total. The number of hydrogen-bond acceptors (Lipinski definition) is 5. The van der Waals surface area contributed by atoms with Gasteiger partial charge in [-0.15, -0.1) is 0 Å². The van der Waals surface area contributed by atoms with Crippen LogP contribution in [-0.2, 0) is 14.9 Å². The van der Waals surface area contributed by atoms with Crippen LogP contribution in [0.1, 0.15) is 76.5 Å². The van der Waals surface area contributed by atoms with E-state index in [9.17, 15) is 5.11 Å². The predicted molar refractivity (Wildman–Crippen MR) is 167 cm³/mol. The fourth-order valence-corrected chi connectivity index (χ4v) is 5.86.